The minimum Gasteiger partial charge on any atom is -0.469 e. The topological polar surface area (TPSA) is 66.0 Å². The van der Waals surface area contributed by atoms with Gasteiger partial charge in [0, 0.05) is 6.42 Å². The fourth-order valence-electron chi connectivity index (χ4n) is 1.81. The molecule has 0 bridgehead atoms. The Hall–Kier alpha value is -1.67. The lowest BCUT2D eigenvalue weighted by molar-refractivity contribution is -0.120. The fraction of sp³-hybridized carbons (Fsp3) is 0.333. The number of furan rings is 1. The monoisotopic (exact) mass is 248 g/mol. The molecule has 1 aromatic heterocycles. The first-order valence-electron chi connectivity index (χ1n) is 5.36. The van der Waals surface area contributed by atoms with Crippen LogP contribution in [0.15, 0.2) is 33.4 Å². The van der Waals surface area contributed by atoms with Gasteiger partial charge in [0.25, 0.3) is 0 Å². The Balaban J connectivity index is 2.40. The molecule has 0 spiro atoms. The first kappa shape index (κ1) is 11.8. The normalized spacial score (nSPS) is 20.0. The van der Waals surface area contributed by atoms with E-state index in [1.807, 2.05) is 6.92 Å². The van der Waals surface area contributed by atoms with Gasteiger partial charge in [-0.3, -0.25) is 4.79 Å². The van der Waals surface area contributed by atoms with Crippen LogP contribution in [0, 0.1) is 11.3 Å². The van der Waals surface area contributed by atoms with E-state index in [0.717, 1.165) is 5.75 Å². The molecule has 0 unspecified atom stereocenters. The highest BCUT2D eigenvalue weighted by molar-refractivity contribution is 8.03. The van der Waals surface area contributed by atoms with Gasteiger partial charge in [-0.15, -0.1) is 11.8 Å². The van der Waals surface area contributed by atoms with Crippen LogP contribution in [-0.2, 0) is 4.79 Å². The zero-order valence-electron chi connectivity index (χ0n) is 9.40. The number of rotatable bonds is 3. The van der Waals surface area contributed by atoms with Crippen molar-refractivity contribution >= 4 is 17.7 Å². The summed E-state index contributed by atoms with van der Waals surface area (Å²) in [5, 5.41) is 12.6. The number of nitrogens with zero attached hydrogens (tertiary/aromatic N) is 1. The van der Waals surface area contributed by atoms with Crippen molar-refractivity contribution in [2.75, 3.05) is 5.75 Å². The fourth-order valence-corrected chi connectivity index (χ4v) is 2.63. The summed E-state index contributed by atoms with van der Waals surface area (Å²) in [5.74, 6) is 1.16. The number of carbonyl (C=O) groups is 1. The molecule has 1 amide bonds. The van der Waals surface area contributed by atoms with Crippen molar-refractivity contribution in [1.82, 2.24) is 5.32 Å². The number of hydrogen-bond acceptors (Lipinski definition) is 4. The minimum atomic E-state index is -0.252. The van der Waals surface area contributed by atoms with E-state index in [2.05, 4.69) is 11.4 Å². The maximum atomic E-state index is 11.6. The molecule has 1 N–H and O–H groups in total. The Morgan fingerprint density at radius 2 is 2.53 bits per heavy atom. The van der Waals surface area contributed by atoms with Gasteiger partial charge in [0.1, 0.15) is 5.76 Å². The molecule has 1 aliphatic heterocycles. The molecule has 0 fully saturated rings. The third kappa shape index (κ3) is 2.37. The quantitative estimate of drug-likeness (QED) is 0.891. The highest BCUT2D eigenvalue weighted by Gasteiger charge is 2.30. The summed E-state index contributed by atoms with van der Waals surface area (Å²) >= 11 is 1.47. The molecule has 17 heavy (non-hydrogen) atoms. The van der Waals surface area contributed by atoms with Gasteiger partial charge in [-0.2, -0.15) is 5.26 Å². The molecule has 0 saturated heterocycles. The lowest BCUT2D eigenvalue weighted by Gasteiger charge is -2.22. The Morgan fingerprint density at radius 3 is 3.12 bits per heavy atom. The minimum absolute atomic E-state index is 0.0682. The van der Waals surface area contributed by atoms with Crippen molar-refractivity contribution in [2.45, 2.75) is 19.3 Å². The predicted molar refractivity (Wildman–Crippen MR) is 65.0 cm³/mol. The summed E-state index contributed by atoms with van der Waals surface area (Å²) < 4.78 is 5.31. The van der Waals surface area contributed by atoms with E-state index in [4.69, 9.17) is 4.42 Å². The summed E-state index contributed by atoms with van der Waals surface area (Å²) in [5.41, 5.74) is 0.589. The van der Waals surface area contributed by atoms with Crippen molar-refractivity contribution in [2.24, 2.45) is 0 Å². The van der Waals surface area contributed by atoms with E-state index < -0.39 is 0 Å². The van der Waals surface area contributed by atoms with Crippen molar-refractivity contribution < 1.29 is 9.21 Å². The van der Waals surface area contributed by atoms with Crippen LogP contribution in [0.4, 0.5) is 0 Å². The molecular formula is C12H12N2O2S. The lowest BCUT2D eigenvalue weighted by Crippen LogP contribution is -2.30. The predicted octanol–water partition coefficient (Wildman–Crippen LogP) is 2.37. The second-order valence-electron chi connectivity index (χ2n) is 3.61. The average Bonchev–Trinajstić information content (AvgIpc) is 2.82. The van der Waals surface area contributed by atoms with E-state index >= 15 is 0 Å². The number of thioether (sulfide) groups is 1. The Kier molecular flexibility index (Phi) is 3.55. The molecule has 88 valence electrons. The smallest absolute Gasteiger partial charge is 0.225 e. The van der Waals surface area contributed by atoms with Gasteiger partial charge in [0.05, 0.1) is 28.9 Å². The maximum Gasteiger partial charge on any atom is 0.225 e. The highest BCUT2D eigenvalue weighted by Crippen LogP contribution is 2.35. The van der Waals surface area contributed by atoms with Crippen molar-refractivity contribution in [3.63, 3.8) is 0 Å². The second-order valence-corrected chi connectivity index (χ2v) is 4.88. The number of allylic oxidation sites excluding steroid dienone is 1. The molecule has 4 nitrogen and oxygen atoms in total. The number of nitrogens with one attached hydrogen (secondary N) is 1. The number of nitriles is 1. The van der Waals surface area contributed by atoms with E-state index in [1.165, 1.54) is 11.8 Å². The third-order valence-corrected chi connectivity index (χ3v) is 3.43. The first-order valence-corrected chi connectivity index (χ1v) is 6.35. The van der Waals surface area contributed by atoms with Crippen LogP contribution in [0.5, 0.6) is 0 Å². The Bertz CT molecular complexity index is 485. The first-order chi connectivity index (χ1) is 8.26. The average molecular weight is 248 g/mol. The van der Waals surface area contributed by atoms with Crippen LogP contribution in [0.3, 0.4) is 0 Å². The summed E-state index contributed by atoms with van der Waals surface area (Å²) in [6.45, 7) is 1.98. The van der Waals surface area contributed by atoms with Crippen LogP contribution in [0.25, 0.3) is 0 Å². The van der Waals surface area contributed by atoms with Gasteiger partial charge in [0.15, 0.2) is 0 Å². The molecule has 0 aromatic carbocycles. The maximum absolute atomic E-state index is 11.6. The number of hydrogen-bond donors (Lipinski definition) is 1. The molecule has 5 heteroatoms. The van der Waals surface area contributed by atoms with E-state index in [-0.39, 0.29) is 18.2 Å². The molecular weight excluding hydrogens is 236 g/mol. The molecule has 1 aromatic rings. The SMILES string of the molecule is CCSC1=C(C#N)[C@H](c2ccco2)CC(=O)N1. The van der Waals surface area contributed by atoms with Gasteiger partial charge >= 0.3 is 0 Å². The van der Waals surface area contributed by atoms with Gasteiger partial charge < -0.3 is 9.73 Å². The summed E-state index contributed by atoms with van der Waals surface area (Å²) in [7, 11) is 0. The van der Waals surface area contributed by atoms with Gasteiger partial charge in [0.2, 0.25) is 5.91 Å². The van der Waals surface area contributed by atoms with E-state index in [1.54, 1.807) is 18.4 Å². The Morgan fingerprint density at radius 1 is 1.71 bits per heavy atom. The largest absolute Gasteiger partial charge is 0.469 e. The van der Waals surface area contributed by atoms with E-state index in [9.17, 15) is 10.1 Å². The summed E-state index contributed by atoms with van der Waals surface area (Å²) in [6, 6.07) is 5.75. The number of carbonyl (C=O) groups excluding carboxylic acids is 1. The van der Waals surface area contributed by atoms with Crippen molar-refractivity contribution in [3.05, 3.63) is 34.8 Å². The van der Waals surface area contributed by atoms with Gasteiger partial charge in [-0.1, -0.05) is 6.92 Å². The second kappa shape index (κ2) is 5.11. The standard InChI is InChI=1S/C12H12N2O2S/c1-2-17-12-9(7-13)8(6-11(15)14-12)10-4-3-5-16-10/h3-5,8H,2,6H2,1H3,(H,14,15)/t8-/m1/s1. The van der Waals surface area contributed by atoms with Crippen LogP contribution in [0.2, 0.25) is 0 Å². The van der Waals surface area contributed by atoms with Gasteiger partial charge in [-0.25, -0.2) is 0 Å². The van der Waals surface area contributed by atoms with Gasteiger partial charge in [-0.05, 0) is 17.9 Å². The van der Waals surface area contributed by atoms with E-state index in [0.29, 0.717) is 16.4 Å². The molecule has 1 atom stereocenters. The summed E-state index contributed by atoms with van der Waals surface area (Å²) in [4.78, 5) is 11.6. The van der Waals surface area contributed by atoms with Crippen molar-refractivity contribution in [1.29, 1.82) is 5.26 Å². The zero-order valence-corrected chi connectivity index (χ0v) is 10.2. The molecule has 2 rings (SSSR count). The summed E-state index contributed by atoms with van der Waals surface area (Å²) in [6.07, 6.45) is 1.83. The molecule has 1 aliphatic rings. The molecule has 0 saturated carbocycles. The van der Waals surface area contributed by atoms with Crippen molar-refractivity contribution in [3.8, 4) is 6.07 Å². The van der Waals surface area contributed by atoms with Crippen LogP contribution >= 0.6 is 11.8 Å². The van der Waals surface area contributed by atoms with Crippen LogP contribution in [0.1, 0.15) is 25.0 Å². The van der Waals surface area contributed by atoms with Crippen LogP contribution < -0.4 is 5.32 Å². The number of amides is 1. The van der Waals surface area contributed by atoms with Crippen LogP contribution in [-0.4, -0.2) is 11.7 Å². The molecule has 0 radical (unpaired) electrons. The molecule has 0 aliphatic carbocycles. The Labute approximate surface area is 104 Å². The third-order valence-electron chi connectivity index (χ3n) is 2.53. The zero-order chi connectivity index (χ0) is 12.3. The highest BCUT2D eigenvalue weighted by atomic mass is 32.2. The lowest BCUT2D eigenvalue weighted by atomic mass is 9.92. The molecule has 2 heterocycles.